The second-order valence-corrected chi connectivity index (χ2v) is 5.91. The molecule has 2 heterocycles. The summed E-state index contributed by atoms with van der Waals surface area (Å²) in [6.45, 7) is 3.78. The topological polar surface area (TPSA) is 51.2 Å². The number of fused-ring (bicyclic) bond motifs is 1. The Balaban J connectivity index is 2.09. The smallest absolute Gasteiger partial charge is 0.182 e. The zero-order chi connectivity index (χ0) is 16.6. The van der Waals surface area contributed by atoms with Crippen LogP contribution < -0.4 is 4.74 Å². The summed E-state index contributed by atoms with van der Waals surface area (Å²) < 4.78 is 7.11. The molecule has 3 rings (SSSR count). The van der Waals surface area contributed by atoms with Crippen LogP contribution >= 0.6 is 23.2 Å². The number of hydrogen-bond acceptors (Lipinski definition) is 4. The average Bonchev–Trinajstić information content (AvgIpc) is 2.83. The maximum atomic E-state index is 6.10. The molecule has 0 saturated heterocycles. The minimum atomic E-state index is 0.564. The van der Waals surface area contributed by atoms with Gasteiger partial charge < -0.3 is 4.74 Å². The number of hydrogen-bond donors (Lipinski definition) is 0. The van der Waals surface area contributed by atoms with Gasteiger partial charge in [-0.25, -0.2) is 4.98 Å². The van der Waals surface area contributed by atoms with Gasteiger partial charge in [0.05, 0.1) is 17.8 Å². The van der Waals surface area contributed by atoms with E-state index in [-0.39, 0.29) is 0 Å². The summed E-state index contributed by atoms with van der Waals surface area (Å²) in [6, 6.07) is 7.18. The van der Waals surface area contributed by atoms with Crippen molar-refractivity contribution in [3.63, 3.8) is 0 Å². The van der Waals surface area contributed by atoms with Crippen LogP contribution in [0, 0.1) is 13.8 Å². The molecule has 0 unspecified atom stereocenters. The lowest BCUT2D eigenvalue weighted by Gasteiger charge is -2.06. The van der Waals surface area contributed by atoms with Gasteiger partial charge in [0, 0.05) is 17.3 Å². The van der Waals surface area contributed by atoms with Crippen molar-refractivity contribution in [3.05, 3.63) is 51.8 Å². The van der Waals surface area contributed by atoms with Crippen LogP contribution in [0.3, 0.4) is 0 Å². The Morgan fingerprint density at radius 3 is 2.65 bits per heavy atom. The molecule has 0 fully saturated rings. The maximum absolute atomic E-state index is 6.10. The molecule has 3 aromatic rings. The van der Waals surface area contributed by atoms with Crippen LogP contribution in [-0.2, 0) is 0 Å². The Labute approximate surface area is 143 Å². The monoisotopic (exact) mass is 348 g/mol. The third kappa shape index (κ3) is 3.02. The van der Waals surface area contributed by atoms with Gasteiger partial charge in [0.1, 0.15) is 17.1 Å². The Hall–Kier alpha value is -2.11. The van der Waals surface area contributed by atoms with Crippen LogP contribution in [0.15, 0.2) is 40.7 Å². The van der Waals surface area contributed by atoms with Crippen LogP contribution in [-0.4, -0.2) is 16.5 Å². The first-order valence-corrected chi connectivity index (χ1v) is 7.65. The minimum absolute atomic E-state index is 0.564. The van der Waals surface area contributed by atoms with E-state index in [0.29, 0.717) is 27.3 Å². The molecular formula is C16H14Cl2N4O. The van der Waals surface area contributed by atoms with Gasteiger partial charge in [-0.1, -0.05) is 23.2 Å². The molecule has 0 aliphatic heterocycles. The SMILES string of the molecule is COc1cc(Cl)c(C)cc1N=Nc1c(C)nc2ccc(Cl)cn12. The van der Waals surface area contributed by atoms with Crippen molar-refractivity contribution in [3.8, 4) is 5.75 Å². The fourth-order valence-corrected chi connectivity index (χ4v) is 2.55. The molecule has 0 N–H and O–H groups in total. The molecule has 0 aliphatic rings. The number of nitrogens with zero attached hydrogens (tertiary/aromatic N) is 4. The summed E-state index contributed by atoms with van der Waals surface area (Å²) in [5.74, 6) is 1.19. The zero-order valence-electron chi connectivity index (χ0n) is 12.8. The normalized spacial score (nSPS) is 11.5. The predicted octanol–water partition coefficient (Wildman–Crippen LogP) is 5.68. The van der Waals surface area contributed by atoms with Gasteiger partial charge in [-0.15, -0.1) is 10.2 Å². The second-order valence-electron chi connectivity index (χ2n) is 5.07. The number of imidazole rings is 1. The van der Waals surface area contributed by atoms with Crippen molar-refractivity contribution < 1.29 is 4.74 Å². The Morgan fingerprint density at radius 1 is 1.13 bits per heavy atom. The first kappa shape index (κ1) is 15.8. The van der Waals surface area contributed by atoms with Gasteiger partial charge in [0.2, 0.25) is 0 Å². The molecule has 0 atom stereocenters. The predicted molar refractivity (Wildman–Crippen MR) is 91.9 cm³/mol. The Morgan fingerprint density at radius 2 is 1.91 bits per heavy atom. The number of pyridine rings is 1. The van der Waals surface area contributed by atoms with E-state index < -0.39 is 0 Å². The van der Waals surface area contributed by atoms with E-state index in [1.165, 1.54) is 0 Å². The van der Waals surface area contributed by atoms with E-state index in [4.69, 9.17) is 27.9 Å². The van der Waals surface area contributed by atoms with E-state index >= 15 is 0 Å². The number of halogens is 2. The van der Waals surface area contributed by atoms with E-state index in [1.807, 2.05) is 26.0 Å². The summed E-state index contributed by atoms with van der Waals surface area (Å²) in [5, 5.41) is 9.85. The number of ether oxygens (including phenoxy) is 1. The Kier molecular flexibility index (Phi) is 4.24. The van der Waals surface area contributed by atoms with E-state index in [0.717, 1.165) is 16.9 Å². The van der Waals surface area contributed by atoms with Gasteiger partial charge in [0.25, 0.3) is 0 Å². The molecule has 2 aromatic heterocycles. The Bertz CT molecular complexity index is 918. The third-order valence-corrected chi connectivity index (χ3v) is 4.07. The van der Waals surface area contributed by atoms with Gasteiger partial charge >= 0.3 is 0 Å². The zero-order valence-corrected chi connectivity index (χ0v) is 14.4. The molecule has 23 heavy (non-hydrogen) atoms. The summed E-state index contributed by atoms with van der Waals surface area (Å²) >= 11 is 12.2. The number of rotatable bonds is 3. The van der Waals surface area contributed by atoms with E-state index in [2.05, 4.69) is 15.2 Å². The standard InChI is InChI=1S/C16H14Cl2N4O/c1-9-6-13(14(23-3)7-12(9)18)20-21-16-10(2)19-15-5-4-11(17)8-22(15)16/h4-8H,1-3H3. The summed E-state index contributed by atoms with van der Waals surface area (Å²) in [7, 11) is 1.57. The first-order chi connectivity index (χ1) is 11.0. The van der Waals surface area contributed by atoms with Gasteiger partial charge in [0.15, 0.2) is 5.82 Å². The molecule has 7 heteroatoms. The lowest BCUT2D eigenvalue weighted by Crippen LogP contribution is -1.86. The number of azo groups is 1. The first-order valence-electron chi connectivity index (χ1n) is 6.89. The quantitative estimate of drug-likeness (QED) is 0.571. The van der Waals surface area contributed by atoms with E-state index in [1.54, 1.807) is 29.8 Å². The molecule has 0 aliphatic carbocycles. The molecule has 5 nitrogen and oxygen atoms in total. The van der Waals surface area contributed by atoms with Crippen molar-refractivity contribution >= 4 is 40.4 Å². The van der Waals surface area contributed by atoms with Crippen molar-refractivity contribution in [2.75, 3.05) is 7.11 Å². The highest BCUT2D eigenvalue weighted by molar-refractivity contribution is 6.31. The van der Waals surface area contributed by atoms with Gasteiger partial charge in [-0.05, 0) is 37.6 Å². The van der Waals surface area contributed by atoms with Crippen LogP contribution in [0.25, 0.3) is 5.65 Å². The van der Waals surface area contributed by atoms with Crippen LogP contribution in [0.1, 0.15) is 11.3 Å². The molecule has 118 valence electrons. The van der Waals surface area contributed by atoms with Gasteiger partial charge in [-0.2, -0.15) is 0 Å². The number of aromatic nitrogens is 2. The minimum Gasteiger partial charge on any atom is -0.494 e. The third-order valence-electron chi connectivity index (χ3n) is 3.44. The van der Waals surface area contributed by atoms with Gasteiger partial charge in [-0.3, -0.25) is 4.40 Å². The molecule has 0 saturated carbocycles. The number of aryl methyl sites for hydroxylation is 2. The molecule has 1 aromatic carbocycles. The lowest BCUT2D eigenvalue weighted by atomic mass is 10.2. The molecule has 0 radical (unpaired) electrons. The maximum Gasteiger partial charge on any atom is 0.182 e. The average molecular weight is 349 g/mol. The van der Waals surface area contributed by atoms with Crippen LogP contribution in [0.2, 0.25) is 10.0 Å². The fourth-order valence-electron chi connectivity index (χ4n) is 2.24. The molecular weight excluding hydrogens is 335 g/mol. The fraction of sp³-hybridized carbons (Fsp3) is 0.188. The highest BCUT2D eigenvalue weighted by Crippen LogP contribution is 2.34. The van der Waals surface area contributed by atoms with Crippen LogP contribution in [0.5, 0.6) is 5.75 Å². The number of methoxy groups -OCH3 is 1. The largest absolute Gasteiger partial charge is 0.494 e. The van der Waals surface area contributed by atoms with Crippen molar-refractivity contribution in [2.45, 2.75) is 13.8 Å². The highest BCUT2D eigenvalue weighted by atomic mass is 35.5. The second kappa shape index (κ2) is 6.18. The summed E-state index contributed by atoms with van der Waals surface area (Å²) in [6.07, 6.45) is 1.76. The molecule has 0 amide bonds. The molecule has 0 spiro atoms. The van der Waals surface area contributed by atoms with E-state index in [9.17, 15) is 0 Å². The van der Waals surface area contributed by atoms with Crippen LogP contribution in [0.4, 0.5) is 11.5 Å². The van der Waals surface area contributed by atoms with Crippen molar-refractivity contribution in [1.82, 2.24) is 9.38 Å². The van der Waals surface area contributed by atoms with Crippen molar-refractivity contribution in [1.29, 1.82) is 0 Å². The highest BCUT2D eigenvalue weighted by Gasteiger charge is 2.10. The molecule has 0 bridgehead atoms. The summed E-state index contributed by atoms with van der Waals surface area (Å²) in [5.41, 5.74) is 3.03. The summed E-state index contributed by atoms with van der Waals surface area (Å²) in [4.78, 5) is 4.44. The number of benzene rings is 1. The van der Waals surface area contributed by atoms with Crippen molar-refractivity contribution in [2.24, 2.45) is 10.2 Å². The lowest BCUT2D eigenvalue weighted by molar-refractivity contribution is 0.416.